The van der Waals surface area contributed by atoms with Gasteiger partial charge in [-0.1, -0.05) is 29.5 Å². The fraction of sp³-hybridized carbons (Fsp3) is 0.0625. The average molecular weight is 329 g/mol. The van der Waals surface area contributed by atoms with Gasteiger partial charge in [-0.15, -0.1) is 10.2 Å². The fourth-order valence-corrected chi connectivity index (χ4v) is 2.31. The van der Waals surface area contributed by atoms with Crippen LogP contribution in [-0.4, -0.2) is 16.1 Å². The lowest BCUT2D eigenvalue weighted by Crippen LogP contribution is -2.11. The van der Waals surface area contributed by atoms with E-state index in [9.17, 15) is 9.18 Å². The van der Waals surface area contributed by atoms with E-state index in [4.69, 9.17) is 4.74 Å². The van der Waals surface area contributed by atoms with Gasteiger partial charge in [0.2, 0.25) is 5.13 Å². The highest BCUT2D eigenvalue weighted by molar-refractivity contribution is 7.13. The topological polar surface area (TPSA) is 64.1 Å². The Hall–Kier alpha value is -2.80. The maximum Gasteiger partial charge on any atom is 0.257 e. The molecular formula is C16H12FN3O2S. The molecule has 0 spiro atoms. The van der Waals surface area contributed by atoms with Crippen LogP contribution in [0.15, 0.2) is 54.0 Å². The van der Waals surface area contributed by atoms with E-state index in [1.54, 1.807) is 36.4 Å². The van der Waals surface area contributed by atoms with Crippen LogP contribution in [-0.2, 0) is 6.61 Å². The lowest BCUT2D eigenvalue weighted by Gasteiger charge is -2.08. The van der Waals surface area contributed by atoms with Gasteiger partial charge in [-0.25, -0.2) is 4.39 Å². The van der Waals surface area contributed by atoms with Gasteiger partial charge in [0.25, 0.3) is 5.91 Å². The van der Waals surface area contributed by atoms with E-state index in [-0.39, 0.29) is 11.7 Å². The smallest absolute Gasteiger partial charge is 0.257 e. The van der Waals surface area contributed by atoms with E-state index in [1.165, 1.54) is 29.0 Å². The molecule has 0 saturated carbocycles. The number of halogens is 1. The van der Waals surface area contributed by atoms with Gasteiger partial charge in [-0.2, -0.15) is 0 Å². The minimum Gasteiger partial charge on any atom is -0.489 e. The Morgan fingerprint density at radius 2 is 2.04 bits per heavy atom. The number of hydrogen-bond acceptors (Lipinski definition) is 5. The van der Waals surface area contributed by atoms with Gasteiger partial charge < -0.3 is 4.74 Å². The highest BCUT2D eigenvalue weighted by atomic mass is 32.1. The predicted molar refractivity (Wildman–Crippen MR) is 85.0 cm³/mol. The summed E-state index contributed by atoms with van der Waals surface area (Å²) >= 11 is 1.24. The summed E-state index contributed by atoms with van der Waals surface area (Å²) in [5, 5.41) is 10.5. The van der Waals surface area contributed by atoms with E-state index in [0.29, 0.717) is 23.1 Å². The van der Waals surface area contributed by atoms with E-state index in [2.05, 4.69) is 15.5 Å². The normalized spacial score (nSPS) is 10.3. The van der Waals surface area contributed by atoms with E-state index < -0.39 is 0 Å². The number of aromatic nitrogens is 2. The van der Waals surface area contributed by atoms with Crippen molar-refractivity contribution in [1.82, 2.24) is 10.2 Å². The van der Waals surface area contributed by atoms with Crippen LogP contribution in [0.3, 0.4) is 0 Å². The van der Waals surface area contributed by atoms with Crippen molar-refractivity contribution >= 4 is 22.4 Å². The Labute approximate surface area is 135 Å². The Morgan fingerprint density at radius 3 is 2.78 bits per heavy atom. The lowest BCUT2D eigenvalue weighted by atomic mass is 10.2. The summed E-state index contributed by atoms with van der Waals surface area (Å²) in [6, 6.07) is 12.9. The van der Waals surface area contributed by atoms with Crippen molar-refractivity contribution in [2.24, 2.45) is 0 Å². The Bertz CT molecular complexity index is 791. The number of nitrogens with one attached hydrogen (secondary N) is 1. The van der Waals surface area contributed by atoms with Crippen LogP contribution in [0.25, 0.3) is 0 Å². The minimum atomic E-state index is -0.288. The molecule has 0 bridgehead atoms. The number of amides is 1. The second kappa shape index (κ2) is 6.97. The monoisotopic (exact) mass is 329 g/mol. The van der Waals surface area contributed by atoms with Crippen molar-refractivity contribution in [2.75, 3.05) is 5.32 Å². The Balaban J connectivity index is 1.64. The number of hydrogen-bond donors (Lipinski definition) is 1. The van der Waals surface area contributed by atoms with Gasteiger partial charge in [-0.3, -0.25) is 10.1 Å². The minimum absolute atomic E-state index is 0.283. The number of ether oxygens (including phenoxy) is 1. The first-order chi connectivity index (χ1) is 11.2. The molecule has 3 aromatic rings. The average Bonchev–Trinajstić information content (AvgIpc) is 3.07. The molecule has 1 N–H and O–H groups in total. The summed E-state index contributed by atoms with van der Waals surface area (Å²) in [4.78, 5) is 12.1. The molecule has 23 heavy (non-hydrogen) atoms. The number of anilines is 1. The molecule has 0 radical (unpaired) electrons. The summed E-state index contributed by atoms with van der Waals surface area (Å²) in [5.41, 5.74) is 2.84. The Morgan fingerprint density at radius 1 is 1.22 bits per heavy atom. The van der Waals surface area contributed by atoms with Crippen molar-refractivity contribution in [3.63, 3.8) is 0 Å². The first-order valence-corrected chi connectivity index (χ1v) is 7.63. The molecule has 1 heterocycles. The molecule has 0 fully saturated rings. The first kappa shape index (κ1) is 15.1. The molecule has 0 aliphatic carbocycles. The number of rotatable bonds is 5. The zero-order valence-corrected chi connectivity index (χ0v) is 12.7. The number of carbonyl (C=O) groups is 1. The van der Waals surface area contributed by atoms with Crippen molar-refractivity contribution in [3.05, 3.63) is 71.0 Å². The molecule has 1 aromatic heterocycles. The zero-order valence-electron chi connectivity index (χ0n) is 11.9. The van der Waals surface area contributed by atoms with Crippen LogP contribution in [0.1, 0.15) is 15.9 Å². The maximum absolute atomic E-state index is 12.9. The number of nitrogens with zero attached hydrogens (tertiary/aromatic N) is 2. The van der Waals surface area contributed by atoms with Crippen LogP contribution < -0.4 is 10.1 Å². The summed E-state index contributed by atoms with van der Waals surface area (Å²) in [6.07, 6.45) is 0. The largest absolute Gasteiger partial charge is 0.489 e. The summed E-state index contributed by atoms with van der Waals surface area (Å²) in [6.45, 7) is 0.293. The molecule has 0 unspecified atom stereocenters. The fourth-order valence-electron chi connectivity index (χ4n) is 1.87. The standard InChI is InChI=1S/C16H12FN3O2S/c17-13-6-4-11(5-7-13)9-22-14-3-1-2-12(8-14)15(21)19-16-20-18-10-23-16/h1-8,10H,9H2,(H,19,20,21). The number of benzene rings is 2. The van der Waals surface area contributed by atoms with Crippen LogP contribution in [0.2, 0.25) is 0 Å². The SMILES string of the molecule is O=C(Nc1nncs1)c1cccc(OCc2ccc(F)cc2)c1. The van der Waals surface area contributed by atoms with Gasteiger partial charge in [0, 0.05) is 5.56 Å². The van der Waals surface area contributed by atoms with Crippen molar-refractivity contribution < 1.29 is 13.9 Å². The summed E-state index contributed by atoms with van der Waals surface area (Å²) in [7, 11) is 0. The third-order valence-electron chi connectivity index (χ3n) is 3.00. The predicted octanol–water partition coefficient (Wildman–Crippen LogP) is 3.51. The molecule has 3 rings (SSSR count). The molecular weight excluding hydrogens is 317 g/mol. The van der Waals surface area contributed by atoms with Gasteiger partial charge in [0.05, 0.1) is 0 Å². The molecule has 0 saturated heterocycles. The first-order valence-electron chi connectivity index (χ1n) is 6.75. The zero-order chi connectivity index (χ0) is 16.1. The molecule has 0 aliphatic heterocycles. The molecule has 1 amide bonds. The number of carbonyl (C=O) groups excluding carboxylic acids is 1. The second-order valence-electron chi connectivity index (χ2n) is 4.64. The van der Waals surface area contributed by atoms with Crippen LogP contribution >= 0.6 is 11.3 Å². The van der Waals surface area contributed by atoms with Crippen molar-refractivity contribution in [1.29, 1.82) is 0 Å². The third kappa shape index (κ3) is 4.10. The van der Waals surface area contributed by atoms with Crippen LogP contribution in [0.5, 0.6) is 5.75 Å². The molecule has 0 aliphatic rings. The van der Waals surface area contributed by atoms with Gasteiger partial charge in [0.15, 0.2) is 0 Å². The van der Waals surface area contributed by atoms with E-state index in [0.717, 1.165) is 5.56 Å². The molecule has 2 aromatic carbocycles. The van der Waals surface area contributed by atoms with Gasteiger partial charge in [-0.05, 0) is 35.9 Å². The van der Waals surface area contributed by atoms with Gasteiger partial charge in [0.1, 0.15) is 23.7 Å². The summed E-state index contributed by atoms with van der Waals surface area (Å²) in [5.74, 6) is -0.0164. The second-order valence-corrected chi connectivity index (χ2v) is 5.47. The lowest BCUT2D eigenvalue weighted by molar-refractivity contribution is 0.102. The highest BCUT2D eigenvalue weighted by Crippen LogP contribution is 2.17. The Kier molecular flexibility index (Phi) is 4.58. The molecule has 116 valence electrons. The summed E-state index contributed by atoms with van der Waals surface area (Å²) < 4.78 is 18.5. The highest BCUT2D eigenvalue weighted by Gasteiger charge is 2.09. The molecule has 7 heteroatoms. The third-order valence-corrected chi connectivity index (χ3v) is 3.60. The van der Waals surface area contributed by atoms with Crippen LogP contribution in [0, 0.1) is 5.82 Å². The van der Waals surface area contributed by atoms with Crippen molar-refractivity contribution in [3.8, 4) is 5.75 Å². The van der Waals surface area contributed by atoms with E-state index in [1.807, 2.05) is 0 Å². The molecule has 0 atom stereocenters. The van der Waals surface area contributed by atoms with Crippen LogP contribution in [0.4, 0.5) is 9.52 Å². The maximum atomic E-state index is 12.9. The quantitative estimate of drug-likeness (QED) is 0.778. The van der Waals surface area contributed by atoms with Gasteiger partial charge >= 0.3 is 0 Å². The molecule has 5 nitrogen and oxygen atoms in total. The van der Waals surface area contributed by atoms with E-state index >= 15 is 0 Å². The van der Waals surface area contributed by atoms with Crippen molar-refractivity contribution in [2.45, 2.75) is 6.61 Å².